The van der Waals surface area contributed by atoms with Gasteiger partial charge in [0, 0.05) is 28.7 Å². The third-order valence-electron chi connectivity index (χ3n) is 2.35. The van der Waals surface area contributed by atoms with Crippen molar-refractivity contribution in [1.82, 2.24) is 9.97 Å². The van der Waals surface area contributed by atoms with E-state index in [1.54, 1.807) is 28.2 Å². The van der Waals surface area contributed by atoms with E-state index >= 15 is 0 Å². The minimum atomic E-state index is 0.225. The number of hydrogen-bond donors (Lipinski definition) is 1. The molecule has 18 heavy (non-hydrogen) atoms. The molecule has 0 bridgehead atoms. The highest BCUT2D eigenvalue weighted by Crippen LogP contribution is 2.12. The third kappa shape index (κ3) is 5.02. The lowest BCUT2D eigenvalue weighted by Crippen LogP contribution is -1.88. The smallest absolute Gasteiger partial charge is 0.0797 e. The Hall–Kier alpha value is -0.490. The summed E-state index contributed by atoms with van der Waals surface area (Å²) in [6, 6.07) is 0. The molecule has 0 aromatic carbocycles. The van der Waals surface area contributed by atoms with Gasteiger partial charge in [-0.15, -0.1) is 34.3 Å². The van der Waals surface area contributed by atoms with E-state index in [0.29, 0.717) is 5.88 Å². The molecule has 0 radical (unpaired) electrons. The Morgan fingerprint density at radius 3 is 1.89 bits per heavy atom. The van der Waals surface area contributed by atoms with Crippen LogP contribution in [0, 0.1) is 13.8 Å². The second-order valence-corrected chi connectivity index (χ2v) is 5.89. The first-order valence-electron chi connectivity index (χ1n) is 5.63. The van der Waals surface area contributed by atoms with E-state index in [9.17, 15) is 0 Å². The molecule has 0 saturated heterocycles. The van der Waals surface area contributed by atoms with Gasteiger partial charge in [-0.2, -0.15) is 0 Å². The molecule has 2 aromatic rings. The van der Waals surface area contributed by atoms with Crippen molar-refractivity contribution in [1.29, 1.82) is 0 Å². The van der Waals surface area contributed by atoms with Crippen LogP contribution in [0.15, 0.2) is 11.0 Å². The Morgan fingerprint density at radius 2 is 1.56 bits per heavy atom. The highest BCUT2D eigenvalue weighted by Gasteiger charge is 1.98. The van der Waals surface area contributed by atoms with E-state index in [4.69, 9.17) is 16.7 Å². The summed E-state index contributed by atoms with van der Waals surface area (Å²) >= 11 is 8.83. The van der Waals surface area contributed by atoms with Gasteiger partial charge < -0.3 is 5.11 Å². The zero-order valence-corrected chi connectivity index (χ0v) is 12.9. The first kappa shape index (κ1) is 15.6. The lowest BCUT2D eigenvalue weighted by atomic mass is 10.3. The number of halogens is 1. The van der Waals surface area contributed by atoms with Crippen molar-refractivity contribution in [2.24, 2.45) is 0 Å². The number of alkyl halides is 1. The van der Waals surface area contributed by atoms with Gasteiger partial charge in [0.25, 0.3) is 0 Å². The Balaban J connectivity index is 0.000000180. The molecule has 0 amide bonds. The molecule has 0 saturated carbocycles. The van der Waals surface area contributed by atoms with Crippen LogP contribution in [0.4, 0.5) is 0 Å². The van der Waals surface area contributed by atoms with Crippen molar-refractivity contribution in [3.05, 3.63) is 32.2 Å². The predicted molar refractivity (Wildman–Crippen MR) is 78.9 cm³/mol. The van der Waals surface area contributed by atoms with Gasteiger partial charge in [-0.1, -0.05) is 0 Å². The SMILES string of the molecule is Cc1ncsc1CCCl.Cc1ncsc1CCO. The molecule has 2 aromatic heterocycles. The fraction of sp³-hybridized carbons (Fsp3) is 0.500. The number of thiazole rings is 2. The van der Waals surface area contributed by atoms with Crippen LogP contribution in [0.1, 0.15) is 21.1 Å². The fourth-order valence-corrected chi connectivity index (χ4v) is 3.17. The summed E-state index contributed by atoms with van der Waals surface area (Å²) in [5.74, 6) is 0.697. The van der Waals surface area contributed by atoms with Crippen LogP contribution >= 0.6 is 34.3 Å². The molecule has 100 valence electrons. The standard InChI is InChI=1S/C6H8ClNS.C6H9NOS/c1-5-6(2-3-7)9-4-8-5;1-5-6(2-3-8)9-4-7-5/h4H,2-3H2,1H3;4,8H,2-3H2,1H3. The average Bonchev–Trinajstić information content (AvgIpc) is 2.92. The van der Waals surface area contributed by atoms with Gasteiger partial charge in [-0.05, 0) is 20.3 Å². The summed E-state index contributed by atoms with van der Waals surface area (Å²) < 4.78 is 0. The number of aliphatic hydroxyl groups is 1. The topological polar surface area (TPSA) is 46.0 Å². The van der Waals surface area contributed by atoms with Gasteiger partial charge in [0.1, 0.15) is 0 Å². The maximum Gasteiger partial charge on any atom is 0.0797 e. The van der Waals surface area contributed by atoms with Crippen LogP contribution in [-0.2, 0) is 12.8 Å². The summed E-state index contributed by atoms with van der Waals surface area (Å²) in [6.45, 7) is 4.20. The number of rotatable bonds is 4. The fourth-order valence-electron chi connectivity index (χ4n) is 1.32. The van der Waals surface area contributed by atoms with Crippen LogP contribution in [0.5, 0.6) is 0 Å². The number of aromatic nitrogens is 2. The Morgan fingerprint density at radius 1 is 1.06 bits per heavy atom. The van der Waals surface area contributed by atoms with Gasteiger partial charge in [-0.25, -0.2) is 9.97 Å². The minimum Gasteiger partial charge on any atom is -0.396 e. The van der Waals surface area contributed by atoms with Crippen LogP contribution in [0.2, 0.25) is 0 Å². The molecule has 0 atom stereocenters. The van der Waals surface area contributed by atoms with Gasteiger partial charge in [-0.3, -0.25) is 0 Å². The monoisotopic (exact) mass is 304 g/mol. The maximum absolute atomic E-state index is 8.54. The normalized spacial score (nSPS) is 10.0. The average molecular weight is 305 g/mol. The summed E-state index contributed by atoms with van der Waals surface area (Å²) in [7, 11) is 0. The van der Waals surface area contributed by atoms with Crippen molar-refractivity contribution in [3.63, 3.8) is 0 Å². The van der Waals surface area contributed by atoms with E-state index in [2.05, 4.69) is 9.97 Å². The van der Waals surface area contributed by atoms with Crippen LogP contribution in [-0.4, -0.2) is 27.6 Å². The largest absolute Gasteiger partial charge is 0.396 e. The summed E-state index contributed by atoms with van der Waals surface area (Å²) in [5, 5.41) is 8.54. The van der Waals surface area contributed by atoms with E-state index < -0.39 is 0 Å². The van der Waals surface area contributed by atoms with Crippen molar-refractivity contribution >= 4 is 34.3 Å². The van der Waals surface area contributed by atoms with Gasteiger partial charge in [0.05, 0.1) is 22.4 Å². The quantitative estimate of drug-likeness (QED) is 0.882. The molecule has 0 spiro atoms. The molecule has 2 heterocycles. The molecular formula is C12H17ClN2OS2. The molecule has 3 nitrogen and oxygen atoms in total. The second-order valence-electron chi connectivity index (χ2n) is 3.63. The lowest BCUT2D eigenvalue weighted by molar-refractivity contribution is 0.300. The van der Waals surface area contributed by atoms with Crippen molar-refractivity contribution in [2.75, 3.05) is 12.5 Å². The Labute approximate surface area is 121 Å². The molecule has 0 aliphatic heterocycles. The number of nitrogens with zero attached hydrogens (tertiary/aromatic N) is 2. The molecule has 0 aliphatic rings. The van der Waals surface area contributed by atoms with Crippen LogP contribution < -0.4 is 0 Å². The first-order valence-corrected chi connectivity index (χ1v) is 7.93. The van der Waals surface area contributed by atoms with Crippen molar-refractivity contribution in [3.8, 4) is 0 Å². The van der Waals surface area contributed by atoms with E-state index in [1.807, 2.05) is 19.4 Å². The summed E-state index contributed by atoms with van der Waals surface area (Å²) in [6.07, 6.45) is 1.70. The number of hydrogen-bond acceptors (Lipinski definition) is 5. The molecule has 6 heteroatoms. The van der Waals surface area contributed by atoms with Gasteiger partial charge >= 0.3 is 0 Å². The summed E-state index contributed by atoms with van der Waals surface area (Å²) in [5.41, 5.74) is 5.84. The van der Waals surface area contributed by atoms with E-state index in [0.717, 1.165) is 24.2 Å². The third-order valence-corrected chi connectivity index (χ3v) is 4.53. The second kappa shape index (κ2) is 8.58. The summed E-state index contributed by atoms with van der Waals surface area (Å²) in [4.78, 5) is 10.6. The highest BCUT2D eigenvalue weighted by atomic mass is 35.5. The maximum atomic E-state index is 8.54. The predicted octanol–water partition coefficient (Wildman–Crippen LogP) is 3.22. The van der Waals surface area contributed by atoms with Crippen molar-refractivity contribution in [2.45, 2.75) is 26.7 Å². The van der Waals surface area contributed by atoms with Crippen LogP contribution in [0.3, 0.4) is 0 Å². The van der Waals surface area contributed by atoms with Crippen LogP contribution in [0.25, 0.3) is 0 Å². The number of aliphatic hydroxyl groups excluding tert-OH is 1. The zero-order valence-electron chi connectivity index (χ0n) is 10.5. The zero-order chi connectivity index (χ0) is 13.4. The molecular weight excluding hydrogens is 288 g/mol. The molecule has 0 aliphatic carbocycles. The van der Waals surface area contributed by atoms with Gasteiger partial charge in [0.2, 0.25) is 0 Å². The van der Waals surface area contributed by atoms with Crippen molar-refractivity contribution < 1.29 is 5.11 Å². The molecule has 2 rings (SSSR count). The van der Waals surface area contributed by atoms with Gasteiger partial charge in [0.15, 0.2) is 0 Å². The van der Waals surface area contributed by atoms with E-state index in [-0.39, 0.29) is 6.61 Å². The molecule has 0 fully saturated rings. The Kier molecular flexibility index (Phi) is 7.42. The lowest BCUT2D eigenvalue weighted by Gasteiger charge is -1.90. The van der Waals surface area contributed by atoms with E-state index in [1.165, 1.54) is 9.75 Å². The molecule has 1 N–H and O–H groups in total. The first-order chi connectivity index (χ1) is 8.69. The highest BCUT2D eigenvalue weighted by molar-refractivity contribution is 7.10. The number of aryl methyl sites for hydroxylation is 3. The minimum absolute atomic E-state index is 0.225. The molecule has 0 unspecified atom stereocenters. The Bertz CT molecular complexity index is 414.